The zero-order valence-electron chi connectivity index (χ0n) is 11.3. The van der Waals surface area contributed by atoms with Crippen LogP contribution in [-0.4, -0.2) is 64.0 Å². The lowest BCUT2D eigenvalue weighted by Crippen LogP contribution is -2.35. The minimum absolute atomic E-state index is 0.0651. The van der Waals surface area contributed by atoms with Crippen LogP contribution in [0, 0.1) is 10.1 Å². The van der Waals surface area contributed by atoms with E-state index in [1.165, 1.54) is 17.1 Å². The lowest BCUT2D eigenvalue weighted by Gasteiger charge is -2.15. The van der Waals surface area contributed by atoms with Crippen LogP contribution in [0.15, 0.2) is 12.4 Å². The van der Waals surface area contributed by atoms with Gasteiger partial charge in [0.1, 0.15) is 12.4 Å². The van der Waals surface area contributed by atoms with Crippen LogP contribution in [0.2, 0.25) is 0 Å². The van der Waals surface area contributed by atoms with Crippen LogP contribution >= 0.6 is 0 Å². The molecular formula is C11H21N5O3. The Labute approximate surface area is 112 Å². The summed E-state index contributed by atoms with van der Waals surface area (Å²) in [5.41, 5.74) is -0.0651. The van der Waals surface area contributed by atoms with Gasteiger partial charge in [-0.05, 0) is 13.6 Å². The monoisotopic (exact) mass is 271 g/mol. The highest BCUT2D eigenvalue weighted by atomic mass is 16.6. The molecule has 1 rings (SSSR count). The minimum Gasteiger partial charge on any atom is -0.390 e. The highest BCUT2D eigenvalue weighted by Crippen LogP contribution is 2.07. The van der Waals surface area contributed by atoms with E-state index in [1.807, 2.05) is 7.05 Å². The lowest BCUT2D eigenvalue weighted by molar-refractivity contribution is -0.385. The van der Waals surface area contributed by atoms with Crippen molar-refractivity contribution in [3.63, 3.8) is 0 Å². The topological polar surface area (TPSA) is 96.5 Å². The zero-order chi connectivity index (χ0) is 14.3. The SMILES string of the molecule is CCN(C)CCNCC(O)Cn1cc([N+](=O)[O-])cn1. The molecule has 0 radical (unpaired) electrons. The molecule has 0 amide bonds. The van der Waals surface area contributed by atoms with Crippen molar-refractivity contribution in [2.24, 2.45) is 0 Å². The smallest absolute Gasteiger partial charge is 0.306 e. The minimum atomic E-state index is -0.619. The maximum absolute atomic E-state index is 10.5. The highest BCUT2D eigenvalue weighted by Gasteiger charge is 2.11. The van der Waals surface area contributed by atoms with Crippen LogP contribution in [0.25, 0.3) is 0 Å². The lowest BCUT2D eigenvalue weighted by atomic mass is 10.3. The van der Waals surface area contributed by atoms with Crippen molar-refractivity contribution in [1.82, 2.24) is 20.0 Å². The Morgan fingerprint density at radius 1 is 1.68 bits per heavy atom. The van der Waals surface area contributed by atoms with E-state index in [0.717, 1.165) is 19.6 Å². The Kier molecular flexibility index (Phi) is 6.40. The zero-order valence-corrected chi connectivity index (χ0v) is 11.3. The molecule has 1 heterocycles. The summed E-state index contributed by atoms with van der Waals surface area (Å²) in [4.78, 5) is 12.1. The quantitative estimate of drug-likeness (QED) is 0.363. The molecule has 0 aliphatic rings. The van der Waals surface area contributed by atoms with Crippen LogP contribution in [0.3, 0.4) is 0 Å². The summed E-state index contributed by atoms with van der Waals surface area (Å²) in [6, 6.07) is 0. The average molecular weight is 271 g/mol. The number of nitrogens with zero attached hydrogens (tertiary/aromatic N) is 4. The molecule has 0 saturated heterocycles. The molecule has 8 heteroatoms. The summed E-state index contributed by atoms with van der Waals surface area (Å²) >= 11 is 0. The molecule has 0 bridgehead atoms. The summed E-state index contributed by atoms with van der Waals surface area (Å²) in [7, 11) is 2.03. The third-order valence-corrected chi connectivity index (χ3v) is 2.82. The molecule has 0 fully saturated rings. The molecule has 1 unspecified atom stereocenters. The van der Waals surface area contributed by atoms with Gasteiger partial charge in [-0.2, -0.15) is 5.10 Å². The van der Waals surface area contributed by atoms with Crippen LogP contribution in [0.1, 0.15) is 6.92 Å². The number of nitrogens with one attached hydrogen (secondary N) is 1. The van der Waals surface area contributed by atoms with Gasteiger partial charge in [0, 0.05) is 19.6 Å². The van der Waals surface area contributed by atoms with Crippen molar-refractivity contribution in [3.8, 4) is 0 Å². The Balaban J connectivity index is 2.23. The van der Waals surface area contributed by atoms with E-state index in [4.69, 9.17) is 0 Å². The summed E-state index contributed by atoms with van der Waals surface area (Å²) in [5, 5.41) is 27.2. The van der Waals surface area contributed by atoms with Crippen molar-refractivity contribution >= 4 is 5.69 Å². The van der Waals surface area contributed by atoms with Crippen molar-refractivity contribution in [3.05, 3.63) is 22.5 Å². The predicted octanol–water partition coefficient (Wildman–Crippen LogP) is -0.306. The molecule has 8 nitrogen and oxygen atoms in total. The van der Waals surface area contributed by atoms with Gasteiger partial charge in [-0.25, -0.2) is 0 Å². The van der Waals surface area contributed by atoms with E-state index in [2.05, 4.69) is 22.2 Å². The Hall–Kier alpha value is -1.51. The van der Waals surface area contributed by atoms with E-state index < -0.39 is 11.0 Å². The first kappa shape index (κ1) is 15.5. The van der Waals surface area contributed by atoms with Gasteiger partial charge in [0.05, 0.1) is 17.6 Å². The first-order chi connectivity index (χ1) is 9.02. The standard InChI is InChI=1S/C11H21N5O3/c1-3-14(2)5-4-12-7-11(17)9-15-8-10(6-13-15)16(18)19/h6,8,11-12,17H,3-5,7,9H2,1-2H3. The molecule has 108 valence electrons. The van der Waals surface area contributed by atoms with Gasteiger partial charge in [0.25, 0.3) is 0 Å². The molecule has 0 aliphatic carbocycles. The van der Waals surface area contributed by atoms with Crippen molar-refractivity contribution < 1.29 is 10.0 Å². The molecular weight excluding hydrogens is 250 g/mol. The van der Waals surface area contributed by atoms with Crippen molar-refractivity contribution in [1.29, 1.82) is 0 Å². The molecule has 0 aromatic carbocycles. The average Bonchev–Trinajstić information content (AvgIpc) is 2.83. The van der Waals surface area contributed by atoms with Crippen molar-refractivity contribution in [2.75, 3.05) is 33.2 Å². The van der Waals surface area contributed by atoms with Gasteiger partial charge in [-0.15, -0.1) is 0 Å². The van der Waals surface area contributed by atoms with E-state index in [-0.39, 0.29) is 12.2 Å². The number of aliphatic hydroxyl groups is 1. The second-order valence-corrected chi connectivity index (χ2v) is 4.43. The van der Waals surface area contributed by atoms with Gasteiger partial charge in [0.2, 0.25) is 0 Å². The molecule has 0 aliphatic heterocycles. The molecule has 2 N–H and O–H groups in total. The summed E-state index contributed by atoms with van der Waals surface area (Å²) in [6.45, 7) is 5.45. The molecule has 0 spiro atoms. The summed E-state index contributed by atoms with van der Waals surface area (Å²) < 4.78 is 1.38. The molecule has 19 heavy (non-hydrogen) atoms. The fraction of sp³-hybridized carbons (Fsp3) is 0.727. The maximum Gasteiger partial charge on any atom is 0.306 e. The van der Waals surface area contributed by atoms with Crippen LogP contribution in [-0.2, 0) is 6.54 Å². The van der Waals surface area contributed by atoms with E-state index in [9.17, 15) is 15.2 Å². The second-order valence-electron chi connectivity index (χ2n) is 4.43. The fourth-order valence-electron chi connectivity index (χ4n) is 1.52. The molecule has 1 aromatic rings. The molecule has 1 atom stereocenters. The van der Waals surface area contributed by atoms with Gasteiger partial charge in [-0.3, -0.25) is 14.8 Å². The van der Waals surface area contributed by atoms with Gasteiger partial charge in [0.15, 0.2) is 0 Å². The number of nitro groups is 1. The van der Waals surface area contributed by atoms with Crippen LogP contribution in [0.5, 0.6) is 0 Å². The fourth-order valence-corrected chi connectivity index (χ4v) is 1.52. The largest absolute Gasteiger partial charge is 0.390 e. The van der Waals surface area contributed by atoms with Crippen LogP contribution in [0.4, 0.5) is 5.69 Å². The van der Waals surface area contributed by atoms with E-state index in [0.29, 0.717) is 6.54 Å². The highest BCUT2D eigenvalue weighted by molar-refractivity contribution is 5.20. The normalized spacial score (nSPS) is 12.8. The summed E-state index contributed by atoms with van der Waals surface area (Å²) in [5.74, 6) is 0. The van der Waals surface area contributed by atoms with Gasteiger partial charge < -0.3 is 15.3 Å². The number of aromatic nitrogens is 2. The van der Waals surface area contributed by atoms with Crippen LogP contribution < -0.4 is 5.32 Å². The Morgan fingerprint density at radius 2 is 2.42 bits per heavy atom. The number of rotatable bonds is 9. The number of aliphatic hydroxyl groups excluding tert-OH is 1. The number of hydrogen-bond acceptors (Lipinski definition) is 6. The maximum atomic E-state index is 10.5. The first-order valence-electron chi connectivity index (χ1n) is 6.27. The van der Waals surface area contributed by atoms with E-state index >= 15 is 0 Å². The number of hydrogen-bond donors (Lipinski definition) is 2. The number of likely N-dealkylation sites (N-methyl/N-ethyl adjacent to an activating group) is 1. The Morgan fingerprint density at radius 3 is 3.00 bits per heavy atom. The predicted molar refractivity (Wildman–Crippen MR) is 70.9 cm³/mol. The molecule has 1 aromatic heterocycles. The summed E-state index contributed by atoms with van der Waals surface area (Å²) in [6.07, 6.45) is 1.87. The third-order valence-electron chi connectivity index (χ3n) is 2.82. The van der Waals surface area contributed by atoms with Gasteiger partial charge in [-0.1, -0.05) is 6.92 Å². The van der Waals surface area contributed by atoms with Gasteiger partial charge >= 0.3 is 5.69 Å². The van der Waals surface area contributed by atoms with E-state index in [1.54, 1.807) is 0 Å². The first-order valence-corrected chi connectivity index (χ1v) is 6.27. The Bertz CT molecular complexity index is 395. The molecule has 0 saturated carbocycles. The third kappa shape index (κ3) is 5.77. The second kappa shape index (κ2) is 7.82. The van der Waals surface area contributed by atoms with Crippen molar-refractivity contribution in [2.45, 2.75) is 19.6 Å².